The van der Waals surface area contributed by atoms with Crippen molar-refractivity contribution in [1.82, 2.24) is 10.3 Å². The zero-order chi connectivity index (χ0) is 14.0. The van der Waals surface area contributed by atoms with Crippen LogP contribution >= 0.6 is 0 Å². The predicted octanol–water partition coefficient (Wildman–Crippen LogP) is 1.50. The van der Waals surface area contributed by atoms with Gasteiger partial charge in [-0.15, -0.1) is 0 Å². The number of H-pyrrole nitrogens is 1. The van der Waals surface area contributed by atoms with Gasteiger partial charge in [0, 0.05) is 5.39 Å². The van der Waals surface area contributed by atoms with Crippen LogP contribution in [0.15, 0.2) is 24.3 Å². The lowest BCUT2D eigenvalue weighted by atomic mass is 10.1. The fraction of sp³-hybridized carbons (Fsp3) is 0.357. The first-order valence-electron chi connectivity index (χ1n) is 6.32. The highest BCUT2D eigenvalue weighted by atomic mass is 16.3. The van der Waals surface area contributed by atoms with Crippen molar-refractivity contribution in [2.45, 2.75) is 19.9 Å². The van der Waals surface area contributed by atoms with Gasteiger partial charge < -0.3 is 21.1 Å². The molecule has 0 saturated heterocycles. The number of aliphatic hydroxyl groups excluding tert-OH is 1. The Kier molecular flexibility index (Phi) is 3.76. The molecule has 0 saturated carbocycles. The maximum Gasteiger partial charge on any atom is 0.268 e. The molecule has 19 heavy (non-hydrogen) atoms. The van der Waals surface area contributed by atoms with Crippen LogP contribution in [0.2, 0.25) is 0 Å². The van der Waals surface area contributed by atoms with Crippen LogP contribution in [0.1, 0.15) is 24.3 Å². The fourth-order valence-electron chi connectivity index (χ4n) is 1.97. The van der Waals surface area contributed by atoms with Crippen molar-refractivity contribution in [1.29, 1.82) is 0 Å². The molecule has 0 fully saturated rings. The van der Waals surface area contributed by atoms with Crippen molar-refractivity contribution in [2.24, 2.45) is 5.92 Å². The highest BCUT2D eigenvalue weighted by molar-refractivity contribution is 6.00. The van der Waals surface area contributed by atoms with Crippen LogP contribution in [0.3, 0.4) is 0 Å². The Morgan fingerprint density at radius 1 is 1.47 bits per heavy atom. The van der Waals surface area contributed by atoms with Gasteiger partial charge in [-0.25, -0.2) is 0 Å². The van der Waals surface area contributed by atoms with Gasteiger partial charge in [0.1, 0.15) is 5.69 Å². The van der Waals surface area contributed by atoms with Gasteiger partial charge in [0.25, 0.3) is 5.91 Å². The SMILES string of the molecule is CC(C)[C@@H](CO)NC(=O)c1cc2cccc(N)c2[nH]1. The molecule has 2 rings (SSSR count). The minimum atomic E-state index is -0.253. The lowest BCUT2D eigenvalue weighted by molar-refractivity contribution is 0.0892. The zero-order valence-electron chi connectivity index (χ0n) is 11.1. The molecule has 2 aromatic rings. The summed E-state index contributed by atoms with van der Waals surface area (Å²) in [4.78, 5) is 15.1. The van der Waals surface area contributed by atoms with E-state index >= 15 is 0 Å². The Bertz CT molecular complexity index is 589. The molecule has 1 aromatic carbocycles. The van der Waals surface area contributed by atoms with Crippen molar-refractivity contribution < 1.29 is 9.90 Å². The average Bonchev–Trinajstić information content (AvgIpc) is 2.80. The Morgan fingerprint density at radius 3 is 2.79 bits per heavy atom. The molecular weight excluding hydrogens is 242 g/mol. The standard InChI is InChI=1S/C14H19N3O2/c1-8(2)12(7-18)17-14(19)11-6-9-4-3-5-10(15)13(9)16-11/h3-6,8,12,16,18H,7,15H2,1-2H3,(H,17,19)/t12-/m1/s1. The number of aromatic nitrogens is 1. The van der Waals surface area contributed by atoms with Crippen molar-refractivity contribution >= 4 is 22.5 Å². The van der Waals surface area contributed by atoms with Gasteiger partial charge in [0.05, 0.1) is 23.9 Å². The minimum Gasteiger partial charge on any atom is -0.397 e. The molecule has 1 amide bonds. The summed E-state index contributed by atoms with van der Waals surface area (Å²) < 4.78 is 0. The fourth-order valence-corrected chi connectivity index (χ4v) is 1.97. The normalized spacial score (nSPS) is 12.8. The molecule has 1 aromatic heterocycles. The number of benzene rings is 1. The predicted molar refractivity (Wildman–Crippen MR) is 75.9 cm³/mol. The van der Waals surface area contributed by atoms with E-state index in [1.807, 2.05) is 26.0 Å². The summed E-state index contributed by atoms with van der Waals surface area (Å²) in [6.07, 6.45) is 0. The van der Waals surface area contributed by atoms with Gasteiger partial charge in [-0.1, -0.05) is 26.0 Å². The van der Waals surface area contributed by atoms with E-state index in [2.05, 4.69) is 10.3 Å². The Labute approximate surface area is 111 Å². The number of nitrogens with two attached hydrogens (primary N) is 1. The molecule has 0 radical (unpaired) electrons. The van der Waals surface area contributed by atoms with E-state index in [0.29, 0.717) is 11.4 Å². The molecule has 0 unspecified atom stereocenters. The summed E-state index contributed by atoms with van der Waals surface area (Å²) in [6, 6.07) is 7.03. The third kappa shape index (κ3) is 2.71. The number of rotatable bonds is 4. The van der Waals surface area contributed by atoms with Crippen LogP contribution in [-0.4, -0.2) is 28.6 Å². The number of aliphatic hydroxyl groups is 1. The summed E-state index contributed by atoms with van der Waals surface area (Å²) >= 11 is 0. The van der Waals surface area contributed by atoms with Crippen LogP contribution < -0.4 is 11.1 Å². The molecule has 0 aliphatic heterocycles. The molecule has 0 spiro atoms. The van der Waals surface area contributed by atoms with Gasteiger partial charge in [-0.3, -0.25) is 4.79 Å². The Morgan fingerprint density at radius 2 is 2.21 bits per heavy atom. The van der Waals surface area contributed by atoms with Crippen LogP contribution in [-0.2, 0) is 0 Å². The van der Waals surface area contributed by atoms with E-state index in [4.69, 9.17) is 5.73 Å². The van der Waals surface area contributed by atoms with Gasteiger partial charge in [-0.2, -0.15) is 0 Å². The summed E-state index contributed by atoms with van der Waals surface area (Å²) in [5, 5.41) is 12.9. The highest BCUT2D eigenvalue weighted by Crippen LogP contribution is 2.21. The second-order valence-corrected chi connectivity index (χ2v) is 5.00. The lowest BCUT2D eigenvalue weighted by Gasteiger charge is -2.19. The average molecular weight is 261 g/mol. The zero-order valence-corrected chi connectivity index (χ0v) is 11.1. The van der Waals surface area contributed by atoms with E-state index < -0.39 is 0 Å². The van der Waals surface area contributed by atoms with Crippen LogP contribution in [0.5, 0.6) is 0 Å². The first-order valence-corrected chi connectivity index (χ1v) is 6.32. The molecule has 5 heteroatoms. The molecule has 102 valence electrons. The number of carbonyl (C=O) groups is 1. The third-order valence-corrected chi connectivity index (χ3v) is 3.25. The number of aromatic amines is 1. The number of carbonyl (C=O) groups excluding carboxylic acids is 1. The largest absolute Gasteiger partial charge is 0.397 e. The molecule has 0 bridgehead atoms. The minimum absolute atomic E-state index is 0.0776. The summed E-state index contributed by atoms with van der Waals surface area (Å²) in [7, 11) is 0. The molecule has 0 aliphatic carbocycles. The first-order chi connectivity index (χ1) is 9.02. The number of fused-ring (bicyclic) bond motifs is 1. The van der Waals surface area contributed by atoms with Crippen molar-refractivity contribution in [3.63, 3.8) is 0 Å². The molecular formula is C14H19N3O2. The maximum absolute atomic E-state index is 12.1. The van der Waals surface area contributed by atoms with Crippen LogP contribution in [0.4, 0.5) is 5.69 Å². The van der Waals surface area contributed by atoms with Crippen molar-refractivity contribution in [2.75, 3.05) is 12.3 Å². The first kappa shape index (κ1) is 13.4. The molecule has 5 N–H and O–H groups in total. The monoisotopic (exact) mass is 261 g/mol. The van der Waals surface area contributed by atoms with Gasteiger partial charge in [0.15, 0.2) is 0 Å². The number of hydrogen-bond acceptors (Lipinski definition) is 3. The van der Waals surface area contributed by atoms with E-state index in [0.717, 1.165) is 10.9 Å². The van der Waals surface area contributed by atoms with Crippen LogP contribution in [0, 0.1) is 5.92 Å². The topological polar surface area (TPSA) is 91.1 Å². The summed E-state index contributed by atoms with van der Waals surface area (Å²) in [5.74, 6) is -0.0632. The number of nitrogens with one attached hydrogen (secondary N) is 2. The maximum atomic E-state index is 12.1. The number of nitrogen functional groups attached to an aromatic ring is 1. The van der Waals surface area contributed by atoms with Gasteiger partial charge >= 0.3 is 0 Å². The van der Waals surface area contributed by atoms with Crippen molar-refractivity contribution in [3.8, 4) is 0 Å². The van der Waals surface area contributed by atoms with Gasteiger partial charge in [0.2, 0.25) is 0 Å². The van der Waals surface area contributed by atoms with Crippen molar-refractivity contribution in [3.05, 3.63) is 30.0 Å². The molecule has 0 aliphatic rings. The summed E-state index contributed by atoms with van der Waals surface area (Å²) in [5.41, 5.74) is 7.67. The number of hydrogen-bond donors (Lipinski definition) is 4. The van der Waals surface area contributed by atoms with E-state index in [9.17, 15) is 9.90 Å². The van der Waals surface area contributed by atoms with E-state index in [1.54, 1.807) is 12.1 Å². The number of amides is 1. The molecule has 1 heterocycles. The van der Waals surface area contributed by atoms with Crippen LogP contribution in [0.25, 0.3) is 10.9 Å². The van der Waals surface area contributed by atoms with E-state index in [-0.39, 0.29) is 24.5 Å². The second-order valence-electron chi connectivity index (χ2n) is 5.00. The van der Waals surface area contributed by atoms with Gasteiger partial charge in [-0.05, 0) is 18.1 Å². The highest BCUT2D eigenvalue weighted by Gasteiger charge is 2.17. The Balaban J connectivity index is 2.24. The number of anilines is 1. The molecule has 5 nitrogen and oxygen atoms in total. The smallest absolute Gasteiger partial charge is 0.268 e. The summed E-state index contributed by atoms with van der Waals surface area (Å²) in [6.45, 7) is 3.82. The third-order valence-electron chi connectivity index (χ3n) is 3.25. The van der Waals surface area contributed by atoms with E-state index in [1.165, 1.54) is 0 Å². The lowest BCUT2D eigenvalue weighted by Crippen LogP contribution is -2.41. The number of para-hydroxylation sites is 1. The quantitative estimate of drug-likeness (QED) is 0.628. The Hall–Kier alpha value is -2.01. The second kappa shape index (κ2) is 5.32. The molecule has 1 atom stereocenters.